The Morgan fingerprint density at radius 2 is 1.37 bits per heavy atom. The van der Waals surface area contributed by atoms with Crippen molar-refractivity contribution in [2.75, 3.05) is 7.05 Å². The van der Waals surface area contributed by atoms with Crippen molar-refractivity contribution in [3.05, 3.63) is 13.2 Å². The van der Waals surface area contributed by atoms with Crippen LogP contribution in [0.2, 0.25) is 0 Å². The number of hydrogen-bond acceptors (Lipinski definition) is 2. The number of nitrogens with two attached hydrogens (primary N) is 2. The van der Waals surface area contributed by atoms with Gasteiger partial charge in [0.25, 0.3) is 0 Å². The maximum atomic E-state index is 6.51. The molecule has 0 saturated heterocycles. The van der Waals surface area contributed by atoms with Gasteiger partial charge in [-0.25, -0.2) is 0 Å². The summed E-state index contributed by atoms with van der Waals surface area (Å²) in [6.07, 6.45) is 16.0. The molecule has 0 amide bonds. The molecule has 4 saturated carbocycles. The molecular weight excluding hydrogens is 328 g/mol. The van der Waals surface area contributed by atoms with Gasteiger partial charge < -0.3 is 11.5 Å². The van der Waals surface area contributed by atoms with Crippen molar-refractivity contribution in [2.24, 2.45) is 46.0 Å². The van der Waals surface area contributed by atoms with E-state index in [0.29, 0.717) is 16.9 Å². The third-order valence-electron chi connectivity index (χ3n) is 8.66. The SMILES string of the molecule is C=C.CC12CCC3C(CCC4CCCCC43C)C1CCC2N.CCC.CN. The van der Waals surface area contributed by atoms with Gasteiger partial charge >= 0.3 is 0 Å². The monoisotopic (exact) mass is 378 g/mol. The standard InChI is InChI=1S/C19H33N.C3H8.C2H4.CH5N/c1-18-11-4-3-5-13(18)6-7-14-15-8-9-17(20)19(15,2)12-10-16(14)18;1-3-2;2*1-2/h13-17H,3-12,20H2,1-2H3;3H2,1-2H3;1-2H2;2H2,1H3. The maximum absolute atomic E-state index is 6.51. The van der Waals surface area contributed by atoms with Crippen LogP contribution in [-0.2, 0) is 0 Å². The van der Waals surface area contributed by atoms with Crippen LogP contribution in [0.4, 0.5) is 0 Å². The summed E-state index contributed by atoms with van der Waals surface area (Å²) >= 11 is 0. The number of rotatable bonds is 0. The van der Waals surface area contributed by atoms with Crippen molar-refractivity contribution >= 4 is 0 Å². The maximum Gasteiger partial charge on any atom is 0.00957 e. The minimum Gasteiger partial charge on any atom is -0.333 e. The Hall–Kier alpha value is -0.340. The van der Waals surface area contributed by atoms with E-state index in [4.69, 9.17) is 5.73 Å². The Morgan fingerprint density at radius 3 is 2.00 bits per heavy atom. The first-order valence-corrected chi connectivity index (χ1v) is 11.8. The zero-order valence-electron chi connectivity index (χ0n) is 19.2. The van der Waals surface area contributed by atoms with Crippen molar-refractivity contribution < 1.29 is 0 Å². The summed E-state index contributed by atoms with van der Waals surface area (Å²) in [5, 5.41) is 0. The van der Waals surface area contributed by atoms with E-state index in [2.05, 4.69) is 46.6 Å². The third kappa shape index (κ3) is 4.64. The van der Waals surface area contributed by atoms with Crippen LogP contribution < -0.4 is 11.5 Å². The summed E-state index contributed by atoms with van der Waals surface area (Å²) in [7, 11) is 1.50. The Morgan fingerprint density at radius 1 is 0.778 bits per heavy atom. The van der Waals surface area contributed by atoms with Gasteiger partial charge in [-0.3, -0.25) is 0 Å². The highest BCUT2D eigenvalue weighted by molar-refractivity contribution is 5.09. The first-order chi connectivity index (χ1) is 13.0. The van der Waals surface area contributed by atoms with E-state index in [1.807, 2.05) is 0 Å². The minimum atomic E-state index is 0.485. The third-order valence-corrected chi connectivity index (χ3v) is 8.66. The molecule has 0 aromatic rings. The van der Waals surface area contributed by atoms with Crippen LogP contribution in [0, 0.1) is 34.5 Å². The zero-order chi connectivity index (χ0) is 20.7. The average molecular weight is 379 g/mol. The minimum absolute atomic E-state index is 0.485. The highest BCUT2D eigenvalue weighted by Gasteiger charge is 2.58. The molecule has 2 nitrogen and oxygen atoms in total. The molecule has 4 fully saturated rings. The quantitative estimate of drug-likeness (QED) is 0.470. The Balaban J connectivity index is 0.000000466. The van der Waals surface area contributed by atoms with Gasteiger partial charge in [-0.2, -0.15) is 0 Å². The molecule has 160 valence electrons. The lowest BCUT2D eigenvalue weighted by atomic mass is 9.45. The van der Waals surface area contributed by atoms with Crippen LogP contribution in [-0.4, -0.2) is 13.1 Å². The predicted molar refractivity (Wildman–Crippen MR) is 122 cm³/mol. The Kier molecular flexibility index (Phi) is 10.1. The molecule has 7 unspecified atom stereocenters. The van der Waals surface area contributed by atoms with E-state index in [9.17, 15) is 0 Å². The smallest absolute Gasteiger partial charge is 0.00957 e. The highest BCUT2D eigenvalue weighted by Crippen LogP contribution is 2.65. The van der Waals surface area contributed by atoms with E-state index in [-0.39, 0.29) is 0 Å². The molecule has 0 aliphatic heterocycles. The molecular formula is C25H50N2. The van der Waals surface area contributed by atoms with E-state index in [0.717, 1.165) is 23.7 Å². The van der Waals surface area contributed by atoms with Gasteiger partial charge in [0.05, 0.1) is 0 Å². The van der Waals surface area contributed by atoms with Gasteiger partial charge in [0.15, 0.2) is 0 Å². The molecule has 0 heterocycles. The van der Waals surface area contributed by atoms with E-state index >= 15 is 0 Å². The fourth-order valence-electron chi connectivity index (χ4n) is 7.34. The molecule has 0 bridgehead atoms. The summed E-state index contributed by atoms with van der Waals surface area (Å²) in [6.45, 7) is 15.5. The van der Waals surface area contributed by atoms with Gasteiger partial charge in [0.1, 0.15) is 0 Å². The number of fused-ring (bicyclic) bond motifs is 5. The van der Waals surface area contributed by atoms with Crippen molar-refractivity contribution in [3.8, 4) is 0 Å². The molecule has 4 N–H and O–H groups in total. The summed E-state index contributed by atoms with van der Waals surface area (Å²) in [6, 6.07) is 0.491. The molecule has 4 rings (SSSR count). The highest BCUT2D eigenvalue weighted by atomic mass is 14.8. The van der Waals surface area contributed by atoms with Crippen molar-refractivity contribution in [2.45, 2.75) is 104 Å². The van der Waals surface area contributed by atoms with Crippen molar-refractivity contribution in [3.63, 3.8) is 0 Å². The molecule has 27 heavy (non-hydrogen) atoms. The first kappa shape index (κ1) is 24.7. The topological polar surface area (TPSA) is 52.0 Å². The Labute approximate surface area is 170 Å². The zero-order valence-corrected chi connectivity index (χ0v) is 19.2. The van der Waals surface area contributed by atoms with Gasteiger partial charge in [-0.05, 0) is 92.9 Å². The van der Waals surface area contributed by atoms with Crippen LogP contribution in [0.15, 0.2) is 13.2 Å². The van der Waals surface area contributed by atoms with Crippen LogP contribution in [0.25, 0.3) is 0 Å². The second kappa shape index (κ2) is 11.0. The van der Waals surface area contributed by atoms with Gasteiger partial charge in [-0.1, -0.05) is 47.0 Å². The van der Waals surface area contributed by atoms with Crippen LogP contribution in [0.1, 0.15) is 98.3 Å². The summed E-state index contributed by atoms with van der Waals surface area (Å²) < 4.78 is 0. The van der Waals surface area contributed by atoms with Crippen LogP contribution in [0.5, 0.6) is 0 Å². The summed E-state index contributed by atoms with van der Waals surface area (Å²) in [5.41, 5.74) is 12.2. The molecule has 4 aliphatic carbocycles. The first-order valence-electron chi connectivity index (χ1n) is 11.8. The fraction of sp³-hybridized carbons (Fsp3) is 0.920. The molecule has 7 atom stereocenters. The molecule has 0 aromatic heterocycles. The molecule has 0 radical (unpaired) electrons. The lowest BCUT2D eigenvalue weighted by molar-refractivity contribution is -0.105. The summed E-state index contributed by atoms with van der Waals surface area (Å²) in [5.74, 6) is 4.06. The second-order valence-electron chi connectivity index (χ2n) is 9.84. The van der Waals surface area contributed by atoms with Crippen molar-refractivity contribution in [1.29, 1.82) is 0 Å². The lowest BCUT2D eigenvalue weighted by Gasteiger charge is -2.60. The fourth-order valence-corrected chi connectivity index (χ4v) is 7.34. The number of hydrogen-bond donors (Lipinski definition) is 2. The van der Waals surface area contributed by atoms with Crippen molar-refractivity contribution in [1.82, 2.24) is 0 Å². The Bertz CT molecular complexity index is 423. The molecule has 4 aliphatic rings. The molecule has 2 heteroatoms. The van der Waals surface area contributed by atoms with Crippen LogP contribution in [0.3, 0.4) is 0 Å². The van der Waals surface area contributed by atoms with Crippen LogP contribution >= 0.6 is 0 Å². The lowest BCUT2D eigenvalue weighted by Crippen LogP contribution is -2.54. The average Bonchev–Trinajstić information content (AvgIpc) is 3.00. The largest absolute Gasteiger partial charge is 0.333 e. The van der Waals surface area contributed by atoms with Gasteiger partial charge in [0, 0.05) is 6.04 Å². The van der Waals surface area contributed by atoms with E-state index in [1.165, 1.54) is 77.7 Å². The van der Waals surface area contributed by atoms with Gasteiger partial charge in [-0.15, -0.1) is 13.2 Å². The van der Waals surface area contributed by atoms with E-state index in [1.54, 1.807) is 0 Å². The van der Waals surface area contributed by atoms with Gasteiger partial charge in [0.2, 0.25) is 0 Å². The molecule has 0 spiro atoms. The second-order valence-corrected chi connectivity index (χ2v) is 9.84. The predicted octanol–water partition coefficient (Wildman–Crippen LogP) is 6.54. The normalized spacial score (nSPS) is 44.5. The summed E-state index contributed by atoms with van der Waals surface area (Å²) in [4.78, 5) is 0. The van der Waals surface area contributed by atoms with E-state index < -0.39 is 0 Å². The molecule has 0 aromatic carbocycles.